The van der Waals surface area contributed by atoms with Crippen molar-refractivity contribution in [2.24, 2.45) is 0 Å². The summed E-state index contributed by atoms with van der Waals surface area (Å²) in [5.41, 5.74) is 21.4. The Hall–Kier alpha value is -6.98. The highest BCUT2D eigenvalue weighted by Gasteiger charge is 2.61. The largest absolute Gasteiger partial charge is 0.335 e. The summed E-state index contributed by atoms with van der Waals surface area (Å²) in [7, 11) is 0. The molecule has 4 nitrogen and oxygen atoms in total. The average molecular weight is 899 g/mol. The molecule has 0 bridgehead atoms. The summed E-state index contributed by atoms with van der Waals surface area (Å²) < 4.78 is 0. The molecular weight excluding hydrogens is 836 g/mol. The van der Waals surface area contributed by atoms with Gasteiger partial charge in [0.2, 0.25) is 0 Å². The molecule has 0 aromatic heterocycles. The minimum Gasteiger partial charge on any atom is -0.335 e. The van der Waals surface area contributed by atoms with E-state index in [4.69, 9.17) is 0 Å². The Morgan fingerprint density at radius 1 is 0.449 bits per heavy atom. The Kier molecular flexibility index (Phi) is 9.91. The molecular formula is C64H63BN4. The third-order valence-electron chi connectivity index (χ3n) is 16.5. The molecule has 1 aliphatic carbocycles. The molecule has 0 saturated heterocycles. The molecule has 8 aromatic carbocycles. The van der Waals surface area contributed by atoms with Crippen molar-refractivity contribution in [3.05, 3.63) is 205 Å². The number of benzene rings is 8. The third-order valence-corrected chi connectivity index (χ3v) is 16.5. The van der Waals surface area contributed by atoms with E-state index >= 15 is 0 Å². The SMILES string of the molecule is CC(C)(C)c1ccc(N(c2ccc(C(C)(C)C)cc2)c2ccc3c(c2)B2c4cccc5c4N(c4cc(N(c6ccccc6)c6ccccc6)cc(c42)N3c2ccccc2)C2(C)CCCCC52C)cc1. The number of hydrogen-bond acceptors (Lipinski definition) is 4. The van der Waals surface area contributed by atoms with Gasteiger partial charge in [-0.05, 0) is 155 Å². The van der Waals surface area contributed by atoms with Gasteiger partial charge in [-0.1, -0.05) is 158 Å². The van der Waals surface area contributed by atoms with E-state index in [-0.39, 0.29) is 28.5 Å². The molecule has 0 spiro atoms. The smallest absolute Gasteiger partial charge is 0.252 e. The topological polar surface area (TPSA) is 13.0 Å². The molecule has 342 valence electrons. The number of nitrogens with zero attached hydrogens (tertiary/aromatic N) is 4. The summed E-state index contributed by atoms with van der Waals surface area (Å²) >= 11 is 0. The lowest BCUT2D eigenvalue weighted by molar-refractivity contribution is 0.195. The molecule has 1 saturated carbocycles. The fraction of sp³-hybridized carbons (Fsp3) is 0.250. The Labute approximate surface area is 411 Å². The molecule has 5 heteroatoms. The first-order chi connectivity index (χ1) is 33.2. The Morgan fingerprint density at radius 2 is 0.957 bits per heavy atom. The third kappa shape index (κ3) is 6.71. The van der Waals surface area contributed by atoms with Gasteiger partial charge in [-0.25, -0.2) is 0 Å². The molecule has 1 fully saturated rings. The fourth-order valence-corrected chi connectivity index (χ4v) is 12.7. The zero-order valence-electron chi connectivity index (χ0n) is 41.6. The van der Waals surface area contributed by atoms with Crippen LogP contribution in [0.1, 0.15) is 97.8 Å². The van der Waals surface area contributed by atoms with E-state index < -0.39 is 0 Å². The zero-order chi connectivity index (χ0) is 47.5. The van der Waals surface area contributed by atoms with E-state index in [0.717, 1.165) is 46.2 Å². The van der Waals surface area contributed by atoms with Crippen LogP contribution in [0.4, 0.5) is 62.6 Å². The van der Waals surface area contributed by atoms with E-state index in [1.165, 1.54) is 75.1 Å². The minimum absolute atomic E-state index is 0.00667. The molecule has 3 aliphatic heterocycles. The normalized spacial score (nSPS) is 18.8. The number of rotatable bonds is 7. The molecule has 0 N–H and O–H groups in total. The average Bonchev–Trinajstić information content (AvgIpc) is 3.57. The van der Waals surface area contributed by atoms with Crippen LogP contribution < -0.4 is 36.0 Å². The molecule has 4 aliphatic rings. The molecule has 12 rings (SSSR count). The number of anilines is 11. The van der Waals surface area contributed by atoms with Gasteiger partial charge in [-0.2, -0.15) is 0 Å². The van der Waals surface area contributed by atoms with Gasteiger partial charge in [0.15, 0.2) is 0 Å². The molecule has 0 amide bonds. The van der Waals surface area contributed by atoms with E-state index in [0.29, 0.717) is 0 Å². The van der Waals surface area contributed by atoms with Crippen molar-refractivity contribution in [2.75, 3.05) is 19.6 Å². The van der Waals surface area contributed by atoms with Crippen molar-refractivity contribution >= 4 is 85.7 Å². The summed E-state index contributed by atoms with van der Waals surface area (Å²) in [5.74, 6) is 0. The van der Waals surface area contributed by atoms with Crippen LogP contribution in [0, 0.1) is 0 Å². The van der Waals surface area contributed by atoms with Crippen LogP contribution in [0.3, 0.4) is 0 Å². The maximum atomic E-state index is 2.85. The molecule has 8 aromatic rings. The van der Waals surface area contributed by atoms with Gasteiger partial charge in [0.25, 0.3) is 6.71 Å². The summed E-state index contributed by atoms with van der Waals surface area (Å²) in [5, 5.41) is 0. The molecule has 2 unspecified atom stereocenters. The van der Waals surface area contributed by atoms with Crippen molar-refractivity contribution in [1.82, 2.24) is 0 Å². The van der Waals surface area contributed by atoms with Gasteiger partial charge >= 0.3 is 0 Å². The maximum Gasteiger partial charge on any atom is 0.252 e. The van der Waals surface area contributed by atoms with Crippen LogP contribution in [0.15, 0.2) is 188 Å². The standard InChI is InChI=1S/C64H63BN4/c1-61(2,3)44-29-33-49(34-30-44)66(50-35-31-45(32-36-50)62(4,5)6)51-37-38-56-55(41-51)65-54-28-20-27-53-60(54)69(64(8)40-19-18-39-63(53,64)7)58-43-52(42-57(59(58)65)68(56)48-25-16-11-17-26-48)67(46-21-12-9-13-22-46)47-23-14-10-15-24-47/h9-17,20-38,41-43H,18-19,39-40H2,1-8H3. The Balaban J connectivity index is 1.15. The molecule has 2 atom stereocenters. The second-order valence-electron chi connectivity index (χ2n) is 22.6. The van der Waals surface area contributed by atoms with Crippen molar-refractivity contribution in [3.63, 3.8) is 0 Å². The van der Waals surface area contributed by atoms with Crippen LogP contribution in [0.5, 0.6) is 0 Å². The predicted octanol–water partition coefficient (Wildman–Crippen LogP) is 15.6. The second kappa shape index (κ2) is 15.8. The summed E-state index contributed by atoms with van der Waals surface area (Å²) in [4.78, 5) is 10.4. The highest BCUT2D eigenvalue weighted by atomic mass is 15.3. The number of hydrogen-bond donors (Lipinski definition) is 0. The molecule has 69 heavy (non-hydrogen) atoms. The monoisotopic (exact) mass is 899 g/mol. The van der Waals surface area contributed by atoms with Gasteiger partial charge in [-0.15, -0.1) is 0 Å². The number of para-hydroxylation sites is 4. The quantitative estimate of drug-likeness (QED) is 0.148. The van der Waals surface area contributed by atoms with E-state index in [1.807, 2.05) is 0 Å². The maximum absolute atomic E-state index is 2.85. The van der Waals surface area contributed by atoms with Crippen molar-refractivity contribution in [2.45, 2.75) is 103 Å². The highest BCUT2D eigenvalue weighted by molar-refractivity contribution is 7.00. The summed E-state index contributed by atoms with van der Waals surface area (Å²) in [6.45, 7) is 18.9. The van der Waals surface area contributed by atoms with Crippen molar-refractivity contribution < 1.29 is 0 Å². The predicted molar refractivity (Wildman–Crippen MR) is 295 cm³/mol. The summed E-state index contributed by atoms with van der Waals surface area (Å²) in [6.07, 6.45) is 4.79. The molecule has 0 radical (unpaired) electrons. The first kappa shape index (κ1) is 43.3. The van der Waals surface area contributed by atoms with Gasteiger partial charge in [0.05, 0.1) is 11.2 Å². The minimum atomic E-state index is -0.111. The molecule has 3 heterocycles. The number of fused-ring (bicyclic) bond motifs is 7. The van der Waals surface area contributed by atoms with Gasteiger partial charge in [-0.3, -0.25) is 0 Å². The van der Waals surface area contributed by atoms with Crippen LogP contribution in [-0.4, -0.2) is 12.3 Å². The van der Waals surface area contributed by atoms with Gasteiger partial charge in [0, 0.05) is 62.3 Å². The zero-order valence-corrected chi connectivity index (χ0v) is 41.6. The van der Waals surface area contributed by atoms with Crippen LogP contribution in [0.25, 0.3) is 0 Å². The van der Waals surface area contributed by atoms with Crippen LogP contribution >= 0.6 is 0 Å². The van der Waals surface area contributed by atoms with Gasteiger partial charge in [0.1, 0.15) is 0 Å². The lowest BCUT2D eigenvalue weighted by Gasteiger charge is -2.53. The second-order valence-corrected chi connectivity index (χ2v) is 22.6. The first-order valence-electron chi connectivity index (χ1n) is 25.3. The van der Waals surface area contributed by atoms with Crippen LogP contribution in [-0.2, 0) is 16.2 Å². The van der Waals surface area contributed by atoms with Crippen molar-refractivity contribution in [3.8, 4) is 0 Å². The highest BCUT2D eigenvalue weighted by Crippen LogP contribution is 2.62. The van der Waals surface area contributed by atoms with E-state index in [9.17, 15) is 0 Å². The lowest BCUT2D eigenvalue weighted by atomic mass is 9.33. The fourth-order valence-electron chi connectivity index (χ4n) is 12.7. The van der Waals surface area contributed by atoms with Crippen LogP contribution in [0.2, 0.25) is 0 Å². The van der Waals surface area contributed by atoms with E-state index in [2.05, 4.69) is 263 Å². The Bertz CT molecular complexity index is 3130. The van der Waals surface area contributed by atoms with Gasteiger partial charge < -0.3 is 19.6 Å². The van der Waals surface area contributed by atoms with Crippen molar-refractivity contribution in [1.29, 1.82) is 0 Å². The Morgan fingerprint density at radius 3 is 1.54 bits per heavy atom. The lowest BCUT2D eigenvalue weighted by Crippen LogP contribution is -2.64. The summed E-state index contributed by atoms with van der Waals surface area (Å²) in [6, 6.07) is 71.1. The first-order valence-corrected chi connectivity index (χ1v) is 25.3. The van der Waals surface area contributed by atoms with E-state index in [1.54, 1.807) is 0 Å².